The number of methoxy groups -OCH3 is 1. The number of carboxylic acids is 3. The summed E-state index contributed by atoms with van der Waals surface area (Å²) in [6, 6.07) is 7.73. The molecule has 1 aromatic rings. The molecular formula is C27H41N4O8-. The summed E-state index contributed by atoms with van der Waals surface area (Å²) in [5.74, 6) is -3.37. The standard InChI is InChI=1S/C27H42N4O8/c1-20(2)22-6-4-21(5-7-22)14-23-15-30(17-25(34)35)11-10-29(19-27(38)39-3)9-8-28(16-24(32)33)12-13-31(23)18-26(36)37/h4-7,20,23H,8-19H2,1-3H3,(H,32,33)(H,34,35)(H,36,37)/p-1. The number of aliphatic carboxylic acids is 3. The van der Waals surface area contributed by atoms with E-state index in [0.717, 1.165) is 5.56 Å². The minimum atomic E-state index is -1.25. The minimum Gasteiger partial charge on any atom is -0.549 e. The number of benzene rings is 1. The van der Waals surface area contributed by atoms with E-state index in [2.05, 4.69) is 13.8 Å². The Morgan fingerprint density at radius 3 is 1.90 bits per heavy atom. The number of carbonyl (C=O) groups is 4. The molecule has 1 aromatic carbocycles. The van der Waals surface area contributed by atoms with E-state index in [1.54, 1.807) is 19.6 Å². The molecular weight excluding hydrogens is 508 g/mol. The van der Waals surface area contributed by atoms with Gasteiger partial charge in [0, 0.05) is 58.4 Å². The summed E-state index contributed by atoms with van der Waals surface area (Å²) in [5, 5.41) is 30.7. The van der Waals surface area contributed by atoms with Crippen LogP contribution < -0.4 is 5.11 Å². The van der Waals surface area contributed by atoms with Crippen LogP contribution in [0.2, 0.25) is 0 Å². The SMILES string of the molecule is COC(=O)CN1CCN(CC(=O)[O-])CCN(CC(=O)O)C(Cc2ccc(C(C)C)cc2)CN(CC(=O)O)CC1. The fourth-order valence-corrected chi connectivity index (χ4v) is 4.71. The van der Waals surface area contributed by atoms with Crippen LogP contribution in [-0.4, -0.2) is 139 Å². The minimum absolute atomic E-state index is 0.0205. The summed E-state index contributed by atoms with van der Waals surface area (Å²) in [6.07, 6.45) is 0.480. The zero-order chi connectivity index (χ0) is 28.9. The van der Waals surface area contributed by atoms with E-state index in [1.807, 2.05) is 24.3 Å². The van der Waals surface area contributed by atoms with Crippen molar-refractivity contribution in [2.24, 2.45) is 0 Å². The highest BCUT2D eigenvalue weighted by atomic mass is 16.5. The Morgan fingerprint density at radius 2 is 1.38 bits per heavy atom. The predicted molar refractivity (Wildman–Crippen MR) is 141 cm³/mol. The molecule has 2 rings (SSSR count). The molecule has 1 aliphatic rings. The number of nitrogens with zero attached hydrogens (tertiary/aromatic N) is 4. The van der Waals surface area contributed by atoms with Gasteiger partial charge in [-0.3, -0.25) is 34.0 Å². The highest BCUT2D eigenvalue weighted by Crippen LogP contribution is 2.18. The van der Waals surface area contributed by atoms with Crippen LogP contribution in [0, 0.1) is 0 Å². The number of esters is 1. The molecule has 12 nitrogen and oxygen atoms in total. The van der Waals surface area contributed by atoms with E-state index in [-0.39, 0.29) is 51.9 Å². The summed E-state index contributed by atoms with van der Waals surface area (Å²) < 4.78 is 4.80. The average molecular weight is 550 g/mol. The van der Waals surface area contributed by atoms with Gasteiger partial charge in [0.1, 0.15) is 0 Å². The first-order valence-electron chi connectivity index (χ1n) is 13.2. The first kappa shape index (κ1) is 32.2. The third kappa shape index (κ3) is 12.1. The number of ether oxygens (including phenoxy) is 1. The zero-order valence-electron chi connectivity index (χ0n) is 23.1. The third-order valence-corrected chi connectivity index (χ3v) is 6.90. The molecule has 2 N–H and O–H groups in total. The van der Waals surface area contributed by atoms with Crippen LogP contribution in [0.5, 0.6) is 0 Å². The first-order chi connectivity index (χ1) is 18.5. The van der Waals surface area contributed by atoms with Crippen LogP contribution in [0.3, 0.4) is 0 Å². The van der Waals surface area contributed by atoms with Gasteiger partial charge in [-0.15, -0.1) is 0 Å². The van der Waals surface area contributed by atoms with Gasteiger partial charge in [-0.05, 0) is 23.5 Å². The lowest BCUT2D eigenvalue weighted by Crippen LogP contribution is -2.54. The molecule has 218 valence electrons. The summed E-state index contributed by atoms with van der Waals surface area (Å²) in [5.41, 5.74) is 2.16. The zero-order valence-corrected chi connectivity index (χ0v) is 23.1. The molecule has 1 heterocycles. The Morgan fingerprint density at radius 1 is 0.846 bits per heavy atom. The molecule has 0 saturated carbocycles. The van der Waals surface area contributed by atoms with E-state index in [0.29, 0.717) is 38.5 Å². The molecule has 0 radical (unpaired) electrons. The first-order valence-corrected chi connectivity index (χ1v) is 13.2. The van der Waals surface area contributed by atoms with E-state index >= 15 is 0 Å². The van der Waals surface area contributed by atoms with Crippen LogP contribution in [0.25, 0.3) is 0 Å². The maximum Gasteiger partial charge on any atom is 0.319 e. The molecule has 1 unspecified atom stereocenters. The summed E-state index contributed by atoms with van der Waals surface area (Å²) in [7, 11) is 1.29. The van der Waals surface area contributed by atoms with Gasteiger partial charge < -0.3 is 24.9 Å². The van der Waals surface area contributed by atoms with Crippen molar-refractivity contribution in [2.75, 3.05) is 79.1 Å². The lowest BCUT2D eigenvalue weighted by Gasteiger charge is -2.38. The molecule has 12 heteroatoms. The normalized spacial score (nSPS) is 19.2. The van der Waals surface area contributed by atoms with E-state index in [1.165, 1.54) is 12.7 Å². The van der Waals surface area contributed by atoms with Gasteiger partial charge in [-0.1, -0.05) is 38.1 Å². The predicted octanol–water partition coefficient (Wildman–Crippen LogP) is -0.965. The van der Waals surface area contributed by atoms with Gasteiger partial charge in [0.25, 0.3) is 0 Å². The Hall–Kier alpha value is -3.06. The third-order valence-electron chi connectivity index (χ3n) is 6.90. The molecule has 1 aliphatic heterocycles. The lowest BCUT2D eigenvalue weighted by molar-refractivity contribution is -0.306. The summed E-state index contributed by atoms with van der Waals surface area (Å²) >= 11 is 0. The topological polar surface area (TPSA) is 154 Å². The molecule has 0 amide bonds. The molecule has 0 spiro atoms. The van der Waals surface area contributed by atoms with Gasteiger partial charge >= 0.3 is 17.9 Å². The van der Waals surface area contributed by atoms with Gasteiger partial charge in [0.15, 0.2) is 0 Å². The Kier molecular flexibility index (Phi) is 13.3. The maximum atomic E-state index is 12.0. The van der Waals surface area contributed by atoms with E-state index < -0.39 is 23.9 Å². The summed E-state index contributed by atoms with van der Waals surface area (Å²) in [6.45, 7) is 5.41. The van der Waals surface area contributed by atoms with Crippen LogP contribution in [0.1, 0.15) is 30.9 Å². The quantitative estimate of drug-likeness (QED) is 0.327. The van der Waals surface area contributed by atoms with Gasteiger partial charge in [-0.25, -0.2) is 0 Å². The van der Waals surface area contributed by atoms with Crippen molar-refractivity contribution in [3.05, 3.63) is 35.4 Å². The molecule has 0 aliphatic carbocycles. The second kappa shape index (κ2) is 16.1. The van der Waals surface area contributed by atoms with Crippen molar-refractivity contribution in [2.45, 2.75) is 32.2 Å². The molecule has 0 aromatic heterocycles. The van der Waals surface area contributed by atoms with E-state index in [9.17, 15) is 34.5 Å². The molecule has 1 atom stereocenters. The van der Waals surface area contributed by atoms with Crippen LogP contribution in [0.4, 0.5) is 0 Å². The second-order valence-corrected chi connectivity index (χ2v) is 10.2. The largest absolute Gasteiger partial charge is 0.549 e. The smallest absolute Gasteiger partial charge is 0.319 e. The molecule has 39 heavy (non-hydrogen) atoms. The fraction of sp³-hybridized carbons (Fsp3) is 0.630. The highest BCUT2D eigenvalue weighted by Gasteiger charge is 2.27. The number of hydrogen-bond acceptors (Lipinski definition) is 10. The monoisotopic (exact) mass is 549 g/mol. The average Bonchev–Trinajstić information content (AvgIpc) is 2.85. The number of carbonyl (C=O) groups excluding carboxylic acids is 2. The number of carboxylic acid groups (broad SMARTS) is 3. The van der Waals surface area contributed by atoms with Gasteiger partial charge in [0.2, 0.25) is 0 Å². The van der Waals surface area contributed by atoms with Crippen molar-refractivity contribution >= 4 is 23.9 Å². The summed E-state index contributed by atoms with van der Waals surface area (Å²) in [4.78, 5) is 54.0. The second-order valence-electron chi connectivity index (χ2n) is 10.2. The van der Waals surface area contributed by atoms with Crippen molar-refractivity contribution in [1.29, 1.82) is 0 Å². The Labute approximate surface area is 229 Å². The van der Waals surface area contributed by atoms with Crippen molar-refractivity contribution in [3.63, 3.8) is 0 Å². The van der Waals surface area contributed by atoms with Crippen LogP contribution in [0.15, 0.2) is 24.3 Å². The van der Waals surface area contributed by atoms with Crippen LogP contribution in [-0.2, 0) is 30.3 Å². The fourth-order valence-electron chi connectivity index (χ4n) is 4.71. The van der Waals surface area contributed by atoms with Crippen molar-refractivity contribution < 1.29 is 39.2 Å². The van der Waals surface area contributed by atoms with E-state index in [4.69, 9.17) is 4.74 Å². The molecule has 0 bridgehead atoms. The molecule has 1 saturated heterocycles. The van der Waals surface area contributed by atoms with Gasteiger partial charge in [0.05, 0.1) is 32.7 Å². The Balaban J connectivity index is 2.40. The number of hydrogen-bond donors (Lipinski definition) is 2. The van der Waals surface area contributed by atoms with Gasteiger partial charge in [-0.2, -0.15) is 0 Å². The Bertz CT molecular complexity index is 956. The van der Waals surface area contributed by atoms with Crippen LogP contribution >= 0.6 is 0 Å². The lowest BCUT2D eigenvalue weighted by atomic mass is 9.98. The van der Waals surface area contributed by atoms with Crippen molar-refractivity contribution in [1.82, 2.24) is 19.6 Å². The highest BCUT2D eigenvalue weighted by molar-refractivity contribution is 5.71. The van der Waals surface area contributed by atoms with Crippen molar-refractivity contribution in [3.8, 4) is 0 Å². The maximum absolute atomic E-state index is 12.0. The molecule has 1 fully saturated rings. The number of rotatable bonds is 11.